The molecule has 0 aliphatic carbocycles. The molecule has 0 aromatic heterocycles. The topological polar surface area (TPSA) is 55.8 Å². The van der Waals surface area contributed by atoms with Crippen LogP contribution in [0.4, 0.5) is 0 Å². The average Bonchev–Trinajstić information content (AvgIpc) is 2.28. The standard InChI is InChI=1S/C13H18O4/c1-8-7-10(5-6-11(14)15)9(2)13(17-4)12(8)16-3/h7H,5-6H2,1-4H3,(H,14,15). The van der Waals surface area contributed by atoms with Gasteiger partial charge in [-0.05, 0) is 37.0 Å². The maximum atomic E-state index is 10.6. The number of aliphatic carboxylic acids is 1. The number of carbonyl (C=O) groups is 1. The Morgan fingerprint density at radius 2 is 1.82 bits per heavy atom. The van der Waals surface area contributed by atoms with Crippen LogP contribution in [0.25, 0.3) is 0 Å². The Bertz CT molecular complexity index is 424. The molecule has 1 aromatic rings. The number of carboxylic acid groups (broad SMARTS) is 1. The van der Waals surface area contributed by atoms with Gasteiger partial charge >= 0.3 is 5.97 Å². The molecule has 4 nitrogen and oxygen atoms in total. The fraction of sp³-hybridized carbons (Fsp3) is 0.462. The largest absolute Gasteiger partial charge is 0.493 e. The van der Waals surface area contributed by atoms with Crippen molar-refractivity contribution in [1.82, 2.24) is 0 Å². The molecule has 0 heterocycles. The van der Waals surface area contributed by atoms with Crippen molar-refractivity contribution < 1.29 is 19.4 Å². The maximum absolute atomic E-state index is 10.6. The Labute approximate surface area is 101 Å². The van der Waals surface area contributed by atoms with Gasteiger partial charge in [0.15, 0.2) is 11.5 Å². The average molecular weight is 238 g/mol. The van der Waals surface area contributed by atoms with Crippen molar-refractivity contribution in [1.29, 1.82) is 0 Å². The highest BCUT2D eigenvalue weighted by Crippen LogP contribution is 2.36. The minimum atomic E-state index is -0.795. The number of aryl methyl sites for hydroxylation is 2. The number of rotatable bonds is 5. The summed E-state index contributed by atoms with van der Waals surface area (Å²) < 4.78 is 10.6. The molecule has 0 unspecified atom stereocenters. The summed E-state index contributed by atoms with van der Waals surface area (Å²) in [4.78, 5) is 10.6. The van der Waals surface area contributed by atoms with Crippen molar-refractivity contribution in [2.75, 3.05) is 14.2 Å². The Hall–Kier alpha value is -1.71. The van der Waals surface area contributed by atoms with Crippen molar-refractivity contribution in [2.45, 2.75) is 26.7 Å². The second-order valence-corrected chi connectivity index (χ2v) is 3.94. The quantitative estimate of drug-likeness (QED) is 0.855. The van der Waals surface area contributed by atoms with Gasteiger partial charge in [0.2, 0.25) is 0 Å². The van der Waals surface area contributed by atoms with E-state index < -0.39 is 5.97 Å². The summed E-state index contributed by atoms with van der Waals surface area (Å²) in [6.45, 7) is 3.84. The SMILES string of the molecule is COc1c(C)cc(CCC(=O)O)c(C)c1OC. The van der Waals surface area contributed by atoms with Gasteiger partial charge < -0.3 is 14.6 Å². The van der Waals surface area contributed by atoms with E-state index in [-0.39, 0.29) is 6.42 Å². The summed E-state index contributed by atoms with van der Waals surface area (Å²) in [5, 5.41) is 8.71. The van der Waals surface area contributed by atoms with Gasteiger partial charge in [-0.1, -0.05) is 6.07 Å². The summed E-state index contributed by atoms with van der Waals surface area (Å²) in [6.07, 6.45) is 0.623. The summed E-state index contributed by atoms with van der Waals surface area (Å²) >= 11 is 0. The zero-order valence-electron chi connectivity index (χ0n) is 10.7. The lowest BCUT2D eigenvalue weighted by molar-refractivity contribution is -0.136. The molecule has 1 rings (SSSR count). The van der Waals surface area contributed by atoms with Crippen molar-refractivity contribution >= 4 is 5.97 Å². The first-order valence-electron chi connectivity index (χ1n) is 5.44. The highest BCUT2D eigenvalue weighted by atomic mass is 16.5. The van der Waals surface area contributed by atoms with Gasteiger partial charge in [-0.15, -0.1) is 0 Å². The van der Waals surface area contributed by atoms with Gasteiger partial charge in [-0.25, -0.2) is 0 Å². The van der Waals surface area contributed by atoms with Gasteiger partial charge in [0, 0.05) is 6.42 Å². The number of ether oxygens (including phenoxy) is 2. The van der Waals surface area contributed by atoms with Crippen LogP contribution in [0.5, 0.6) is 11.5 Å². The minimum Gasteiger partial charge on any atom is -0.493 e. The predicted molar refractivity (Wildman–Crippen MR) is 65.0 cm³/mol. The smallest absolute Gasteiger partial charge is 0.303 e. The third kappa shape index (κ3) is 2.90. The van der Waals surface area contributed by atoms with Crippen LogP contribution >= 0.6 is 0 Å². The van der Waals surface area contributed by atoms with Crippen molar-refractivity contribution in [3.63, 3.8) is 0 Å². The van der Waals surface area contributed by atoms with Crippen LogP contribution in [-0.2, 0) is 11.2 Å². The van der Waals surface area contributed by atoms with Gasteiger partial charge in [-0.3, -0.25) is 4.79 Å². The Morgan fingerprint density at radius 3 is 2.29 bits per heavy atom. The first-order chi connectivity index (χ1) is 8.01. The van der Waals surface area contributed by atoms with E-state index in [1.165, 1.54) is 0 Å². The lowest BCUT2D eigenvalue weighted by Crippen LogP contribution is -2.03. The Morgan fingerprint density at radius 1 is 1.24 bits per heavy atom. The van der Waals surface area contributed by atoms with E-state index in [9.17, 15) is 4.79 Å². The number of hydrogen-bond donors (Lipinski definition) is 1. The lowest BCUT2D eigenvalue weighted by atomic mass is 9.99. The van der Waals surface area contributed by atoms with Gasteiger partial charge in [0.05, 0.1) is 14.2 Å². The summed E-state index contributed by atoms with van der Waals surface area (Å²) in [5.41, 5.74) is 2.88. The van der Waals surface area contributed by atoms with E-state index in [0.717, 1.165) is 16.7 Å². The number of methoxy groups -OCH3 is 2. The van der Waals surface area contributed by atoms with Crippen molar-refractivity contribution in [3.05, 3.63) is 22.8 Å². The van der Waals surface area contributed by atoms with E-state index >= 15 is 0 Å². The van der Waals surface area contributed by atoms with Crippen LogP contribution in [0.2, 0.25) is 0 Å². The summed E-state index contributed by atoms with van der Waals surface area (Å²) in [5.74, 6) is 0.605. The van der Waals surface area contributed by atoms with Gasteiger partial charge in [0.1, 0.15) is 0 Å². The molecule has 94 valence electrons. The molecule has 0 spiro atoms. The third-order valence-corrected chi connectivity index (χ3v) is 2.79. The fourth-order valence-electron chi connectivity index (χ4n) is 1.93. The van der Waals surface area contributed by atoms with Crippen LogP contribution in [0.15, 0.2) is 6.07 Å². The molecule has 0 amide bonds. The van der Waals surface area contributed by atoms with E-state index in [2.05, 4.69) is 0 Å². The van der Waals surface area contributed by atoms with Crippen molar-refractivity contribution in [2.24, 2.45) is 0 Å². The monoisotopic (exact) mass is 238 g/mol. The number of benzene rings is 1. The van der Waals surface area contributed by atoms with E-state index in [0.29, 0.717) is 17.9 Å². The zero-order valence-corrected chi connectivity index (χ0v) is 10.7. The zero-order chi connectivity index (χ0) is 13.0. The molecule has 1 N–H and O–H groups in total. The van der Waals surface area contributed by atoms with E-state index in [1.54, 1.807) is 14.2 Å². The Balaban J connectivity index is 3.16. The first-order valence-corrected chi connectivity index (χ1v) is 5.44. The molecular weight excluding hydrogens is 220 g/mol. The maximum Gasteiger partial charge on any atom is 0.303 e. The normalized spacial score (nSPS) is 10.1. The molecule has 0 aliphatic rings. The third-order valence-electron chi connectivity index (χ3n) is 2.79. The second kappa shape index (κ2) is 5.57. The van der Waals surface area contributed by atoms with E-state index in [4.69, 9.17) is 14.6 Å². The molecule has 0 radical (unpaired) electrons. The predicted octanol–water partition coefficient (Wildman–Crippen LogP) is 2.34. The number of carboxylic acids is 1. The molecule has 0 saturated heterocycles. The number of hydrogen-bond acceptors (Lipinski definition) is 3. The Kier molecular flexibility index (Phi) is 4.37. The van der Waals surface area contributed by atoms with Crippen LogP contribution in [-0.4, -0.2) is 25.3 Å². The second-order valence-electron chi connectivity index (χ2n) is 3.94. The summed E-state index contributed by atoms with van der Waals surface area (Å²) in [6, 6.07) is 1.96. The highest BCUT2D eigenvalue weighted by Gasteiger charge is 2.15. The molecule has 0 saturated carbocycles. The van der Waals surface area contributed by atoms with E-state index in [1.807, 2.05) is 19.9 Å². The fourth-order valence-corrected chi connectivity index (χ4v) is 1.93. The summed E-state index contributed by atoms with van der Waals surface area (Å²) in [7, 11) is 3.19. The van der Waals surface area contributed by atoms with Crippen LogP contribution in [0.3, 0.4) is 0 Å². The molecule has 1 aromatic carbocycles. The first kappa shape index (κ1) is 13.4. The molecule has 4 heteroatoms. The van der Waals surface area contributed by atoms with Gasteiger partial charge in [0.25, 0.3) is 0 Å². The molecule has 0 atom stereocenters. The molecule has 0 aliphatic heterocycles. The molecule has 0 bridgehead atoms. The lowest BCUT2D eigenvalue weighted by Gasteiger charge is -2.16. The van der Waals surface area contributed by atoms with Crippen LogP contribution in [0, 0.1) is 13.8 Å². The minimum absolute atomic E-state index is 0.121. The molecule has 17 heavy (non-hydrogen) atoms. The van der Waals surface area contributed by atoms with Crippen LogP contribution in [0.1, 0.15) is 23.1 Å². The highest BCUT2D eigenvalue weighted by molar-refractivity contribution is 5.67. The van der Waals surface area contributed by atoms with Gasteiger partial charge in [-0.2, -0.15) is 0 Å². The van der Waals surface area contributed by atoms with Crippen molar-refractivity contribution in [3.8, 4) is 11.5 Å². The van der Waals surface area contributed by atoms with Crippen LogP contribution < -0.4 is 9.47 Å². The molecule has 0 fully saturated rings. The molecular formula is C13H18O4.